The van der Waals surface area contributed by atoms with E-state index in [0.717, 1.165) is 6.26 Å². The Kier molecular flexibility index (Phi) is 9.32. The van der Waals surface area contributed by atoms with E-state index in [9.17, 15) is 13.2 Å². The highest BCUT2D eigenvalue weighted by Crippen LogP contribution is 2.41. The number of rotatable bonds is 9. The van der Waals surface area contributed by atoms with Crippen molar-refractivity contribution in [3.8, 4) is 22.9 Å². The fourth-order valence-electron chi connectivity index (χ4n) is 5.89. The van der Waals surface area contributed by atoms with Gasteiger partial charge >= 0.3 is 0 Å². The van der Waals surface area contributed by atoms with Gasteiger partial charge in [0, 0.05) is 23.5 Å². The van der Waals surface area contributed by atoms with Crippen molar-refractivity contribution in [2.75, 3.05) is 23.4 Å². The first-order chi connectivity index (χ1) is 20.3. The van der Waals surface area contributed by atoms with Gasteiger partial charge in [0.2, 0.25) is 16.0 Å². The number of nitrogens with one attached hydrogen (secondary N) is 2. The lowest BCUT2D eigenvalue weighted by Gasteiger charge is -2.38. The Hall–Kier alpha value is -4.14. The van der Waals surface area contributed by atoms with Crippen LogP contribution in [0.5, 0.6) is 5.75 Å². The van der Waals surface area contributed by atoms with Gasteiger partial charge in [-0.3, -0.25) is 14.1 Å². The van der Waals surface area contributed by atoms with Crippen molar-refractivity contribution in [3.63, 3.8) is 0 Å². The summed E-state index contributed by atoms with van der Waals surface area (Å²) in [5, 5.41) is 3.84. The minimum absolute atomic E-state index is 0.279. The number of methoxy groups -OCH3 is 1. The van der Waals surface area contributed by atoms with Crippen LogP contribution in [0.15, 0.2) is 65.6 Å². The van der Waals surface area contributed by atoms with E-state index in [1.165, 1.54) is 10.6 Å². The molecular formula is C32H39N5O4SSi. The van der Waals surface area contributed by atoms with Crippen LogP contribution in [0.3, 0.4) is 0 Å². The zero-order valence-corrected chi connectivity index (χ0v) is 27.7. The molecule has 2 N–H and O–H groups in total. The van der Waals surface area contributed by atoms with Crippen LogP contribution >= 0.6 is 0 Å². The van der Waals surface area contributed by atoms with Crippen molar-refractivity contribution in [2.45, 2.75) is 58.2 Å². The highest BCUT2D eigenvalue weighted by Gasteiger charge is 2.41. The van der Waals surface area contributed by atoms with Crippen molar-refractivity contribution in [1.82, 2.24) is 14.5 Å². The number of hydrogen-bond acceptors (Lipinski definition) is 7. The molecule has 0 spiro atoms. The molecule has 0 amide bonds. The molecule has 0 aliphatic rings. The molecule has 2 heterocycles. The van der Waals surface area contributed by atoms with Crippen molar-refractivity contribution in [1.29, 1.82) is 0 Å². The number of pyridine rings is 1. The Balaban J connectivity index is 1.95. The SMILES string of the molecule is COc1ccccc1Nc1ncc2c(C#C[Si](C(C)C)(C(C)C)C(C)C)cc(=O)n(-c3ccc(NS(C)(=O)=O)cc3)c2n1. The van der Waals surface area contributed by atoms with Gasteiger partial charge in [-0.1, -0.05) is 59.6 Å². The Bertz CT molecular complexity index is 1840. The summed E-state index contributed by atoms with van der Waals surface area (Å²) in [7, 11) is -3.95. The van der Waals surface area contributed by atoms with Crippen LogP contribution in [0.25, 0.3) is 16.7 Å². The molecule has 0 fully saturated rings. The monoisotopic (exact) mass is 617 g/mol. The highest BCUT2D eigenvalue weighted by molar-refractivity contribution is 7.92. The first-order valence-corrected chi connectivity index (χ1v) is 18.3. The molecule has 0 unspecified atom stereocenters. The van der Waals surface area contributed by atoms with Crippen LogP contribution in [0.4, 0.5) is 17.3 Å². The van der Waals surface area contributed by atoms with Crippen molar-refractivity contribution in [3.05, 3.63) is 76.7 Å². The van der Waals surface area contributed by atoms with E-state index in [-0.39, 0.29) is 11.5 Å². The van der Waals surface area contributed by atoms with E-state index in [0.29, 0.717) is 56.0 Å². The molecule has 43 heavy (non-hydrogen) atoms. The van der Waals surface area contributed by atoms with Gasteiger partial charge in [-0.05, 0) is 53.0 Å². The van der Waals surface area contributed by atoms with Crippen molar-refractivity contribution >= 4 is 46.5 Å². The summed E-state index contributed by atoms with van der Waals surface area (Å²) in [6.07, 6.45) is 2.77. The predicted octanol–water partition coefficient (Wildman–Crippen LogP) is 6.47. The largest absolute Gasteiger partial charge is 0.495 e. The minimum atomic E-state index is -3.45. The van der Waals surface area contributed by atoms with Gasteiger partial charge in [0.15, 0.2) is 5.65 Å². The lowest BCUT2D eigenvalue weighted by molar-refractivity contribution is 0.417. The van der Waals surface area contributed by atoms with Gasteiger partial charge < -0.3 is 10.1 Å². The van der Waals surface area contributed by atoms with Crippen LogP contribution in [-0.4, -0.2) is 44.4 Å². The molecule has 0 bridgehead atoms. The summed E-state index contributed by atoms with van der Waals surface area (Å²) in [6, 6.07) is 15.5. The maximum atomic E-state index is 13.8. The fraction of sp³-hybridized carbons (Fsp3) is 0.344. The Morgan fingerprint density at radius 2 is 1.58 bits per heavy atom. The number of nitrogens with zero attached hydrogens (tertiary/aromatic N) is 3. The van der Waals surface area contributed by atoms with Crippen molar-refractivity contribution in [2.24, 2.45) is 0 Å². The second kappa shape index (κ2) is 12.6. The van der Waals surface area contributed by atoms with E-state index in [2.05, 4.69) is 68.0 Å². The zero-order valence-electron chi connectivity index (χ0n) is 25.9. The molecule has 0 radical (unpaired) electrons. The summed E-state index contributed by atoms with van der Waals surface area (Å²) < 4.78 is 32.8. The van der Waals surface area contributed by atoms with E-state index in [1.807, 2.05) is 24.3 Å². The first kappa shape index (κ1) is 31.8. The third kappa shape index (κ3) is 6.76. The third-order valence-corrected chi connectivity index (χ3v) is 14.7. The average molecular weight is 618 g/mol. The molecule has 9 nitrogen and oxygen atoms in total. The zero-order chi connectivity index (χ0) is 31.5. The van der Waals surface area contributed by atoms with E-state index in [4.69, 9.17) is 9.72 Å². The predicted molar refractivity (Wildman–Crippen MR) is 178 cm³/mol. The average Bonchev–Trinajstić information content (AvgIpc) is 2.93. The number of para-hydroxylation sites is 2. The Morgan fingerprint density at radius 1 is 0.953 bits per heavy atom. The van der Waals surface area contributed by atoms with Crippen LogP contribution in [-0.2, 0) is 10.0 Å². The van der Waals surface area contributed by atoms with Crippen LogP contribution in [0.2, 0.25) is 16.6 Å². The summed E-state index contributed by atoms with van der Waals surface area (Å²) in [5.41, 5.74) is 7.22. The summed E-state index contributed by atoms with van der Waals surface area (Å²) >= 11 is 0. The van der Waals surface area contributed by atoms with Gasteiger partial charge in [-0.25, -0.2) is 13.4 Å². The quantitative estimate of drug-likeness (QED) is 0.163. The molecular weight excluding hydrogens is 579 g/mol. The molecule has 4 rings (SSSR count). The highest BCUT2D eigenvalue weighted by atomic mass is 32.2. The molecule has 0 saturated heterocycles. The number of ether oxygens (including phenoxy) is 1. The third-order valence-electron chi connectivity index (χ3n) is 7.82. The smallest absolute Gasteiger partial charge is 0.258 e. The second-order valence-corrected chi connectivity index (χ2v) is 18.9. The van der Waals surface area contributed by atoms with E-state index in [1.54, 1.807) is 37.6 Å². The number of fused-ring (bicyclic) bond motifs is 1. The molecule has 11 heteroatoms. The van der Waals surface area contributed by atoms with E-state index >= 15 is 0 Å². The Morgan fingerprint density at radius 3 is 2.16 bits per heavy atom. The van der Waals surface area contributed by atoms with Gasteiger partial charge in [0.05, 0.1) is 30.1 Å². The normalized spacial score (nSPS) is 12.0. The van der Waals surface area contributed by atoms with Gasteiger partial charge in [-0.15, -0.1) is 5.54 Å². The van der Waals surface area contributed by atoms with Crippen LogP contribution in [0, 0.1) is 11.5 Å². The Labute approximate surface area is 254 Å². The van der Waals surface area contributed by atoms with Gasteiger partial charge in [0.1, 0.15) is 13.8 Å². The van der Waals surface area contributed by atoms with Gasteiger partial charge in [-0.2, -0.15) is 4.98 Å². The number of anilines is 3. The minimum Gasteiger partial charge on any atom is -0.495 e. The molecule has 4 aromatic rings. The number of aromatic nitrogens is 3. The lowest BCUT2D eigenvalue weighted by Crippen LogP contribution is -2.43. The molecule has 226 valence electrons. The fourth-order valence-corrected chi connectivity index (χ4v) is 11.7. The molecule has 0 aliphatic carbocycles. The maximum absolute atomic E-state index is 13.8. The molecule has 2 aromatic carbocycles. The van der Waals surface area contributed by atoms with Crippen LogP contribution < -0.4 is 20.3 Å². The number of hydrogen-bond donors (Lipinski definition) is 2. The first-order valence-electron chi connectivity index (χ1n) is 14.2. The summed E-state index contributed by atoms with van der Waals surface area (Å²) in [4.78, 5) is 23.1. The van der Waals surface area contributed by atoms with E-state index < -0.39 is 18.1 Å². The number of sulfonamides is 1. The lowest BCUT2D eigenvalue weighted by atomic mass is 10.2. The molecule has 0 aliphatic heterocycles. The van der Waals surface area contributed by atoms with Crippen LogP contribution in [0.1, 0.15) is 47.1 Å². The molecule has 2 aromatic heterocycles. The standard InChI is InChI=1S/C32H39N5O4SSi/c1-21(2)43(22(3)4,23(5)6)18-17-24-19-30(38)37(26-15-13-25(14-16-26)36-42(8,39)40)31-27(24)20-33-32(35-31)34-28-11-9-10-12-29(28)41-7/h9-16,19-23,36H,1-8H3,(H,33,34,35). The summed E-state index contributed by atoms with van der Waals surface area (Å²) in [5.74, 6) is 4.31. The van der Waals surface area contributed by atoms with Crippen molar-refractivity contribution < 1.29 is 13.2 Å². The maximum Gasteiger partial charge on any atom is 0.258 e. The topological polar surface area (TPSA) is 115 Å². The second-order valence-electron chi connectivity index (χ2n) is 11.6. The molecule has 0 saturated carbocycles. The summed E-state index contributed by atoms with van der Waals surface area (Å²) in [6.45, 7) is 13.5. The molecule has 0 atom stereocenters. The number of benzene rings is 2. The van der Waals surface area contributed by atoms with Gasteiger partial charge in [0.25, 0.3) is 5.56 Å².